The topological polar surface area (TPSA) is 101 Å². The number of hydrogen-bond donors (Lipinski definition) is 0. The predicted octanol–water partition coefficient (Wildman–Crippen LogP) is 1.31. The number of carbonyl (C=O) groups excluding carboxylic acids is 1. The number of hydrogen-bond acceptors (Lipinski definition) is 6. The largest absolute Gasteiger partial charge is 0.465 e. The lowest BCUT2D eigenvalue weighted by Crippen LogP contribution is -2.50. The summed E-state index contributed by atoms with van der Waals surface area (Å²) in [6, 6.07) is 14.3. The van der Waals surface area contributed by atoms with Crippen LogP contribution in [0, 0.1) is 0 Å². The van der Waals surface area contributed by atoms with Crippen molar-refractivity contribution in [3.63, 3.8) is 0 Å². The molecular formula is C19H22N2O6S2. The Morgan fingerprint density at radius 2 is 1.41 bits per heavy atom. The molecule has 0 aromatic heterocycles. The third-order valence-electron chi connectivity index (χ3n) is 4.70. The molecule has 10 heteroatoms. The van der Waals surface area contributed by atoms with E-state index in [-0.39, 0.29) is 36.8 Å². The molecule has 2 aromatic carbocycles. The van der Waals surface area contributed by atoms with Crippen LogP contribution in [-0.2, 0) is 30.5 Å². The van der Waals surface area contributed by atoms with E-state index in [1.807, 2.05) is 0 Å². The number of benzene rings is 2. The fraction of sp³-hybridized carbons (Fsp3) is 0.316. The maximum atomic E-state index is 12.7. The molecule has 0 N–H and O–H groups in total. The molecule has 1 aliphatic heterocycles. The summed E-state index contributed by atoms with van der Waals surface area (Å²) in [7, 11) is -5.97. The lowest BCUT2D eigenvalue weighted by atomic mass is 10.1. The quantitative estimate of drug-likeness (QED) is 0.631. The number of carbonyl (C=O) groups is 1. The van der Waals surface area contributed by atoms with Gasteiger partial charge < -0.3 is 4.74 Å². The molecule has 2 aromatic rings. The van der Waals surface area contributed by atoms with Crippen LogP contribution in [0.25, 0.3) is 0 Å². The molecule has 0 atom stereocenters. The zero-order valence-electron chi connectivity index (χ0n) is 15.9. The van der Waals surface area contributed by atoms with E-state index in [2.05, 4.69) is 4.74 Å². The first-order valence-electron chi connectivity index (χ1n) is 8.94. The first-order valence-corrected chi connectivity index (χ1v) is 12.0. The molecule has 0 spiro atoms. The summed E-state index contributed by atoms with van der Waals surface area (Å²) in [5.41, 5.74) is 0.880. The van der Waals surface area contributed by atoms with Crippen LogP contribution in [0.15, 0.2) is 59.5 Å². The van der Waals surface area contributed by atoms with Gasteiger partial charge in [0.15, 0.2) is 0 Å². The molecule has 1 saturated heterocycles. The van der Waals surface area contributed by atoms with Gasteiger partial charge in [0.2, 0.25) is 20.0 Å². The van der Waals surface area contributed by atoms with E-state index >= 15 is 0 Å². The summed E-state index contributed by atoms with van der Waals surface area (Å²) in [4.78, 5) is 11.7. The summed E-state index contributed by atoms with van der Waals surface area (Å²) < 4.78 is 58.0. The summed E-state index contributed by atoms with van der Waals surface area (Å²) in [6.07, 6.45) is 0. The minimum atomic E-state index is -3.64. The highest BCUT2D eigenvalue weighted by molar-refractivity contribution is 7.89. The van der Waals surface area contributed by atoms with Gasteiger partial charge in [0.25, 0.3) is 0 Å². The van der Waals surface area contributed by atoms with Crippen LogP contribution in [0.2, 0.25) is 0 Å². The second-order valence-corrected chi connectivity index (χ2v) is 10.5. The first kappa shape index (κ1) is 21.4. The van der Waals surface area contributed by atoms with Crippen molar-refractivity contribution in [2.24, 2.45) is 0 Å². The smallest absolute Gasteiger partial charge is 0.337 e. The van der Waals surface area contributed by atoms with Crippen LogP contribution in [0.3, 0.4) is 0 Å². The first-order chi connectivity index (χ1) is 13.7. The Bertz CT molecular complexity index is 1060. The molecule has 1 fully saturated rings. The zero-order chi connectivity index (χ0) is 21.1. The Morgan fingerprint density at radius 3 is 1.97 bits per heavy atom. The van der Waals surface area contributed by atoms with Crippen molar-refractivity contribution >= 4 is 26.0 Å². The van der Waals surface area contributed by atoms with Gasteiger partial charge in [0.1, 0.15) is 0 Å². The molecular weight excluding hydrogens is 416 g/mol. The standard InChI is InChI=1S/C19H22N2O6S2/c1-27-19(22)17-9-7-16(8-10-17)15-28(23,24)20-11-13-21(14-12-20)29(25,26)18-5-3-2-4-6-18/h2-10H,11-15H2,1H3. The molecule has 3 rings (SSSR count). The molecule has 29 heavy (non-hydrogen) atoms. The molecule has 0 bridgehead atoms. The third kappa shape index (κ3) is 4.84. The van der Waals surface area contributed by atoms with Crippen molar-refractivity contribution in [2.75, 3.05) is 33.3 Å². The molecule has 1 heterocycles. The molecule has 0 aliphatic carbocycles. The highest BCUT2D eigenvalue weighted by atomic mass is 32.2. The Kier molecular flexibility index (Phi) is 6.37. The summed E-state index contributed by atoms with van der Waals surface area (Å²) in [5.74, 6) is -0.713. The number of sulfonamides is 2. The van der Waals surface area contributed by atoms with Gasteiger partial charge in [-0.2, -0.15) is 8.61 Å². The number of nitrogens with zero attached hydrogens (tertiary/aromatic N) is 2. The summed E-state index contributed by atoms with van der Waals surface area (Å²) in [6.45, 7) is 0.374. The molecule has 1 aliphatic rings. The third-order valence-corrected chi connectivity index (χ3v) is 8.46. The van der Waals surface area contributed by atoms with E-state index in [9.17, 15) is 21.6 Å². The molecule has 0 unspecified atom stereocenters. The van der Waals surface area contributed by atoms with E-state index in [1.54, 1.807) is 30.3 Å². The fourth-order valence-electron chi connectivity index (χ4n) is 3.09. The van der Waals surface area contributed by atoms with Crippen LogP contribution in [-0.4, -0.2) is 64.7 Å². The summed E-state index contributed by atoms with van der Waals surface area (Å²) in [5, 5.41) is 0. The molecule has 0 radical (unpaired) electrons. The van der Waals surface area contributed by atoms with Crippen molar-refractivity contribution in [1.82, 2.24) is 8.61 Å². The Balaban J connectivity index is 1.64. The van der Waals surface area contributed by atoms with E-state index in [0.29, 0.717) is 11.1 Å². The molecule has 8 nitrogen and oxygen atoms in total. The molecule has 0 saturated carbocycles. The van der Waals surface area contributed by atoms with Crippen molar-refractivity contribution in [2.45, 2.75) is 10.6 Å². The number of esters is 1. The maximum absolute atomic E-state index is 12.7. The van der Waals surface area contributed by atoms with Gasteiger partial charge in [-0.3, -0.25) is 0 Å². The van der Waals surface area contributed by atoms with Crippen molar-refractivity contribution in [1.29, 1.82) is 0 Å². The van der Waals surface area contributed by atoms with Crippen LogP contribution >= 0.6 is 0 Å². The van der Waals surface area contributed by atoms with Gasteiger partial charge in [-0.05, 0) is 29.8 Å². The minimum Gasteiger partial charge on any atom is -0.465 e. The zero-order valence-corrected chi connectivity index (χ0v) is 17.5. The SMILES string of the molecule is COC(=O)c1ccc(CS(=O)(=O)N2CCN(S(=O)(=O)c3ccccc3)CC2)cc1. The van der Waals surface area contributed by atoms with Gasteiger partial charge in [0, 0.05) is 26.2 Å². The number of methoxy groups -OCH3 is 1. The Labute approximate surface area is 170 Å². The fourth-order valence-corrected chi connectivity index (χ4v) is 6.05. The maximum Gasteiger partial charge on any atom is 0.337 e. The molecule has 156 valence electrons. The van der Waals surface area contributed by atoms with Gasteiger partial charge in [-0.1, -0.05) is 30.3 Å². The van der Waals surface area contributed by atoms with Crippen LogP contribution in [0.5, 0.6) is 0 Å². The van der Waals surface area contributed by atoms with Gasteiger partial charge in [0.05, 0.1) is 23.3 Å². The lowest BCUT2D eigenvalue weighted by Gasteiger charge is -2.33. The van der Waals surface area contributed by atoms with Gasteiger partial charge in [-0.15, -0.1) is 0 Å². The average Bonchev–Trinajstić information content (AvgIpc) is 2.74. The van der Waals surface area contributed by atoms with Crippen molar-refractivity contribution < 1.29 is 26.4 Å². The summed E-state index contributed by atoms with van der Waals surface area (Å²) >= 11 is 0. The normalized spacial score (nSPS) is 16.4. The van der Waals surface area contributed by atoms with E-state index in [0.717, 1.165) is 0 Å². The van der Waals surface area contributed by atoms with Crippen LogP contribution in [0.4, 0.5) is 0 Å². The van der Waals surface area contributed by atoms with E-state index < -0.39 is 26.0 Å². The van der Waals surface area contributed by atoms with Crippen LogP contribution in [0.1, 0.15) is 15.9 Å². The van der Waals surface area contributed by atoms with Gasteiger partial charge >= 0.3 is 5.97 Å². The van der Waals surface area contributed by atoms with Crippen LogP contribution < -0.4 is 0 Å². The molecule has 0 amide bonds. The lowest BCUT2D eigenvalue weighted by molar-refractivity contribution is 0.0600. The van der Waals surface area contributed by atoms with E-state index in [1.165, 1.54) is 40.0 Å². The monoisotopic (exact) mass is 438 g/mol. The highest BCUT2D eigenvalue weighted by Gasteiger charge is 2.32. The second kappa shape index (κ2) is 8.62. The highest BCUT2D eigenvalue weighted by Crippen LogP contribution is 2.20. The average molecular weight is 439 g/mol. The number of piperazine rings is 1. The Hall–Kier alpha value is -2.27. The number of rotatable bonds is 6. The minimum absolute atomic E-state index is 0.0919. The second-order valence-electron chi connectivity index (χ2n) is 6.56. The van der Waals surface area contributed by atoms with E-state index in [4.69, 9.17) is 0 Å². The Morgan fingerprint density at radius 1 is 0.862 bits per heavy atom. The van der Waals surface area contributed by atoms with Crippen molar-refractivity contribution in [3.8, 4) is 0 Å². The predicted molar refractivity (Wildman–Crippen MR) is 107 cm³/mol. The number of ether oxygens (including phenoxy) is 1. The van der Waals surface area contributed by atoms with Gasteiger partial charge in [-0.25, -0.2) is 21.6 Å². The van der Waals surface area contributed by atoms with Crippen molar-refractivity contribution in [3.05, 3.63) is 65.7 Å².